The third kappa shape index (κ3) is 5.64. The Morgan fingerprint density at radius 2 is 1.34 bits per heavy atom. The molecule has 0 radical (unpaired) electrons. The Labute approximate surface area is 173 Å². The van der Waals surface area contributed by atoms with Crippen molar-refractivity contribution in [1.29, 1.82) is 0 Å². The van der Waals surface area contributed by atoms with Gasteiger partial charge in [0.05, 0.1) is 18.8 Å². The van der Waals surface area contributed by atoms with Gasteiger partial charge in [0, 0.05) is 0 Å². The first kappa shape index (κ1) is 19.1. The monoisotopic (exact) mass is 381 g/mol. The van der Waals surface area contributed by atoms with Gasteiger partial charge in [0.1, 0.15) is 0 Å². The van der Waals surface area contributed by atoms with E-state index in [4.69, 9.17) is 0 Å². The van der Waals surface area contributed by atoms with E-state index in [1.807, 2.05) is 17.1 Å². The zero-order valence-electron chi connectivity index (χ0n) is 16.7. The van der Waals surface area contributed by atoms with Gasteiger partial charge in [-0.25, -0.2) is 0 Å². The molecule has 0 fully saturated rings. The average Bonchev–Trinajstić information content (AvgIpc) is 2.80. The van der Waals surface area contributed by atoms with Crippen LogP contribution in [0.25, 0.3) is 0 Å². The summed E-state index contributed by atoms with van der Waals surface area (Å²) in [6.45, 7) is 1.46. The Balaban J connectivity index is 1.47. The summed E-state index contributed by atoms with van der Waals surface area (Å²) in [6.07, 6.45) is 8.14. The predicted molar refractivity (Wildman–Crippen MR) is 119 cm³/mol. The first-order chi connectivity index (χ1) is 14.4. The second kappa shape index (κ2) is 9.83. The summed E-state index contributed by atoms with van der Waals surface area (Å²) < 4.78 is 0. The van der Waals surface area contributed by atoms with Crippen LogP contribution in [0, 0.1) is 0 Å². The van der Waals surface area contributed by atoms with Crippen LogP contribution >= 0.6 is 0 Å². The molecule has 1 atom stereocenters. The largest absolute Gasteiger partial charge is 0.270 e. The first-order valence-corrected chi connectivity index (χ1v) is 10.4. The van der Waals surface area contributed by atoms with E-state index in [9.17, 15) is 0 Å². The molecule has 0 saturated carbocycles. The molecule has 0 aromatic heterocycles. The number of hydrogen-bond donors (Lipinski definition) is 0. The summed E-state index contributed by atoms with van der Waals surface area (Å²) in [6, 6.07) is 29.4. The molecule has 0 N–H and O–H groups in total. The van der Waals surface area contributed by atoms with Crippen molar-refractivity contribution in [3.8, 4) is 0 Å². The predicted octanol–water partition coefficient (Wildman–Crippen LogP) is 7.21. The van der Waals surface area contributed by atoms with Crippen molar-refractivity contribution in [3.63, 3.8) is 0 Å². The van der Waals surface area contributed by atoms with E-state index >= 15 is 0 Å². The van der Waals surface area contributed by atoms with Crippen LogP contribution in [0.5, 0.6) is 0 Å². The Hall–Kier alpha value is -3.20. The molecule has 1 aliphatic rings. The van der Waals surface area contributed by atoms with Crippen molar-refractivity contribution in [2.45, 2.75) is 38.3 Å². The van der Waals surface area contributed by atoms with E-state index in [-0.39, 0.29) is 0 Å². The normalized spacial score (nSPS) is 16.2. The number of nitrogens with zero attached hydrogens (tertiary/aromatic N) is 3. The summed E-state index contributed by atoms with van der Waals surface area (Å²) in [5.41, 5.74) is 4.75. The van der Waals surface area contributed by atoms with Crippen LogP contribution in [0.2, 0.25) is 0 Å². The summed E-state index contributed by atoms with van der Waals surface area (Å²) in [5.74, 6) is 0.638. The van der Waals surface area contributed by atoms with Crippen molar-refractivity contribution < 1.29 is 0 Å². The molecule has 0 amide bonds. The molecule has 0 aliphatic heterocycles. The zero-order chi connectivity index (χ0) is 19.7. The quantitative estimate of drug-likeness (QED) is 0.241. The second-order valence-corrected chi connectivity index (χ2v) is 7.56. The van der Waals surface area contributed by atoms with Gasteiger partial charge < -0.3 is 0 Å². The summed E-state index contributed by atoms with van der Waals surface area (Å²) in [7, 11) is 0. The number of hydrogen-bond acceptors (Lipinski definition) is 2. The van der Waals surface area contributed by atoms with Crippen molar-refractivity contribution in [2.24, 2.45) is 10.3 Å². The van der Waals surface area contributed by atoms with Crippen LogP contribution < -0.4 is 0 Å². The van der Waals surface area contributed by atoms with E-state index in [0.29, 0.717) is 5.92 Å². The van der Waals surface area contributed by atoms with Crippen LogP contribution in [0.3, 0.4) is 0 Å². The maximum atomic E-state index is 4.57. The van der Waals surface area contributed by atoms with Gasteiger partial charge in [-0.3, -0.25) is 5.01 Å². The molecule has 4 rings (SSSR count). The molecule has 3 aromatic rings. The van der Waals surface area contributed by atoms with Crippen LogP contribution in [-0.4, -0.2) is 5.01 Å². The van der Waals surface area contributed by atoms with Crippen LogP contribution in [0.15, 0.2) is 107 Å². The number of allylic oxidation sites excluding steroid dienone is 2. The molecule has 0 bridgehead atoms. The molecule has 1 aliphatic carbocycles. The van der Waals surface area contributed by atoms with Crippen molar-refractivity contribution >= 4 is 5.69 Å². The molecule has 1 unspecified atom stereocenters. The Morgan fingerprint density at radius 1 is 0.724 bits per heavy atom. The van der Waals surface area contributed by atoms with E-state index in [1.54, 1.807) is 0 Å². The zero-order valence-corrected chi connectivity index (χ0v) is 16.7. The molecule has 29 heavy (non-hydrogen) atoms. The molecule has 3 nitrogen and oxygen atoms in total. The van der Waals surface area contributed by atoms with Crippen LogP contribution in [-0.2, 0) is 13.1 Å². The van der Waals surface area contributed by atoms with Crippen molar-refractivity contribution in [2.75, 3.05) is 0 Å². The molecule has 0 heterocycles. The van der Waals surface area contributed by atoms with Crippen LogP contribution in [0.1, 0.15) is 41.9 Å². The maximum absolute atomic E-state index is 4.57. The fourth-order valence-electron chi connectivity index (χ4n) is 3.73. The second-order valence-electron chi connectivity index (χ2n) is 7.56. The van der Waals surface area contributed by atoms with E-state index in [1.165, 1.54) is 29.5 Å². The SMILES string of the molecule is C1=CCC(c2ccc(N=NN(Cc3ccccc3)Cc3ccccc3)cc2)CC1. The van der Waals surface area contributed by atoms with Gasteiger partial charge in [0.25, 0.3) is 0 Å². The highest BCUT2D eigenvalue weighted by molar-refractivity contribution is 5.39. The van der Waals surface area contributed by atoms with Crippen molar-refractivity contribution in [1.82, 2.24) is 5.01 Å². The van der Waals surface area contributed by atoms with Gasteiger partial charge in [-0.15, -0.1) is 5.11 Å². The first-order valence-electron chi connectivity index (χ1n) is 10.4. The maximum Gasteiger partial charge on any atom is 0.0874 e. The minimum Gasteiger partial charge on any atom is -0.270 e. The molecule has 146 valence electrons. The minimum absolute atomic E-state index is 0.638. The fourth-order valence-corrected chi connectivity index (χ4v) is 3.73. The molecule has 3 heteroatoms. The molecular weight excluding hydrogens is 354 g/mol. The van der Waals surface area contributed by atoms with Crippen molar-refractivity contribution in [3.05, 3.63) is 114 Å². The lowest BCUT2D eigenvalue weighted by Gasteiger charge is -2.19. The number of rotatable bonds is 7. The van der Waals surface area contributed by atoms with Gasteiger partial charge >= 0.3 is 0 Å². The lowest BCUT2D eigenvalue weighted by Crippen LogP contribution is -2.15. The van der Waals surface area contributed by atoms with Crippen LogP contribution in [0.4, 0.5) is 5.69 Å². The fraction of sp³-hybridized carbons (Fsp3) is 0.231. The average molecular weight is 382 g/mol. The van der Waals surface area contributed by atoms with Gasteiger partial charge in [-0.05, 0) is 54.0 Å². The summed E-state index contributed by atoms with van der Waals surface area (Å²) >= 11 is 0. The lowest BCUT2D eigenvalue weighted by molar-refractivity contribution is 0.252. The lowest BCUT2D eigenvalue weighted by atomic mass is 9.88. The van der Waals surface area contributed by atoms with E-state index in [2.05, 4.69) is 95.3 Å². The van der Waals surface area contributed by atoms with Gasteiger partial charge in [-0.2, -0.15) is 0 Å². The molecule has 0 spiro atoms. The van der Waals surface area contributed by atoms with E-state index in [0.717, 1.165) is 25.2 Å². The molecule has 0 saturated heterocycles. The Kier molecular flexibility index (Phi) is 6.49. The molecular formula is C26H27N3. The smallest absolute Gasteiger partial charge is 0.0874 e. The van der Waals surface area contributed by atoms with E-state index < -0.39 is 0 Å². The number of benzene rings is 3. The van der Waals surface area contributed by atoms with Gasteiger partial charge in [-0.1, -0.05) is 90.2 Å². The highest BCUT2D eigenvalue weighted by Crippen LogP contribution is 2.30. The van der Waals surface area contributed by atoms with Gasteiger partial charge in [0.15, 0.2) is 0 Å². The highest BCUT2D eigenvalue weighted by atomic mass is 15.5. The Morgan fingerprint density at radius 3 is 1.90 bits per heavy atom. The standard InChI is InChI=1S/C26H27N3/c1-4-10-22(11-5-1)20-29(21-23-12-6-2-7-13-23)28-27-26-18-16-25(17-19-26)24-14-8-3-9-15-24/h1-8,10-13,16-19,24H,9,14-15,20-21H2. The minimum atomic E-state index is 0.638. The third-order valence-corrected chi connectivity index (χ3v) is 5.34. The van der Waals surface area contributed by atoms with Gasteiger partial charge in [0.2, 0.25) is 0 Å². The molecule has 3 aromatic carbocycles. The summed E-state index contributed by atoms with van der Waals surface area (Å²) in [5, 5.41) is 11.1. The summed E-state index contributed by atoms with van der Waals surface area (Å²) in [4.78, 5) is 0. The third-order valence-electron chi connectivity index (χ3n) is 5.34. The Bertz CT molecular complexity index is 889. The highest BCUT2D eigenvalue weighted by Gasteiger charge is 2.12. The topological polar surface area (TPSA) is 28.0 Å².